The van der Waals surface area contributed by atoms with Gasteiger partial charge < -0.3 is 4.74 Å². The van der Waals surface area contributed by atoms with Gasteiger partial charge in [0.05, 0.1) is 6.10 Å². The summed E-state index contributed by atoms with van der Waals surface area (Å²) in [6.45, 7) is 5.54. The van der Waals surface area contributed by atoms with E-state index in [0.29, 0.717) is 11.5 Å². The molecule has 0 bridgehead atoms. The van der Waals surface area contributed by atoms with Gasteiger partial charge in [0, 0.05) is 11.9 Å². The maximum atomic E-state index is 5.57. The minimum Gasteiger partial charge on any atom is -0.378 e. The molecule has 0 aromatic carbocycles. The standard InChI is InChI=1S/C9H17BrO/c1-9(2,7-10)6-8-4-3-5-11-8/h8H,3-7H2,1-2H3/t8-/m0/s1. The van der Waals surface area contributed by atoms with Crippen molar-refractivity contribution in [3.05, 3.63) is 0 Å². The molecule has 0 spiro atoms. The summed E-state index contributed by atoms with van der Waals surface area (Å²) in [6.07, 6.45) is 4.24. The van der Waals surface area contributed by atoms with Crippen LogP contribution in [0.1, 0.15) is 33.1 Å². The van der Waals surface area contributed by atoms with Crippen LogP contribution in [0.15, 0.2) is 0 Å². The first-order valence-electron chi connectivity index (χ1n) is 4.32. The first-order valence-corrected chi connectivity index (χ1v) is 5.44. The summed E-state index contributed by atoms with van der Waals surface area (Å²) >= 11 is 3.52. The van der Waals surface area contributed by atoms with Gasteiger partial charge in [-0.15, -0.1) is 0 Å². The summed E-state index contributed by atoms with van der Waals surface area (Å²) in [5.74, 6) is 0. The molecule has 1 heterocycles. The van der Waals surface area contributed by atoms with E-state index in [0.717, 1.165) is 11.9 Å². The SMILES string of the molecule is CC(C)(CBr)C[C@@H]1CCCO1. The zero-order chi connectivity index (χ0) is 8.32. The molecule has 0 N–H and O–H groups in total. The molecular weight excluding hydrogens is 204 g/mol. The van der Waals surface area contributed by atoms with Crippen LogP contribution in [0.3, 0.4) is 0 Å². The molecule has 0 amide bonds. The van der Waals surface area contributed by atoms with Crippen LogP contribution >= 0.6 is 15.9 Å². The lowest BCUT2D eigenvalue weighted by molar-refractivity contribution is 0.0777. The second kappa shape index (κ2) is 3.90. The molecule has 0 saturated carbocycles. The van der Waals surface area contributed by atoms with Gasteiger partial charge in [0.25, 0.3) is 0 Å². The summed E-state index contributed by atoms with van der Waals surface area (Å²) in [4.78, 5) is 0. The Labute approximate surface area is 77.6 Å². The van der Waals surface area contributed by atoms with Crippen molar-refractivity contribution in [3.8, 4) is 0 Å². The molecule has 0 unspecified atom stereocenters. The molecular formula is C9H17BrO. The topological polar surface area (TPSA) is 9.23 Å². The second-order valence-electron chi connectivity index (χ2n) is 4.14. The number of rotatable bonds is 3. The summed E-state index contributed by atoms with van der Waals surface area (Å²) < 4.78 is 5.57. The van der Waals surface area contributed by atoms with Gasteiger partial charge in [-0.3, -0.25) is 0 Å². The third-order valence-corrected chi connectivity index (χ3v) is 3.68. The van der Waals surface area contributed by atoms with Gasteiger partial charge in [-0.05, 0) is 24.7 Å². The van der Waals surface area contributed by atoms with Crippen LogP contribution in [0.4, 0.5) is 0 Å². The van der Waals surface area contributed by atoms with Gasteiger partial charge in [0.15, 0.2) is 0 Å². The predicted octanol–water partition coefficient (Wildman–Crippen LogP) is 2.98. The van der Waals surface area contributed by atoms with Gasteiger partial charge in [0.2, 0.25) is 0 Å². The lowest BCUT2D eigenvalue weighted by Crippen LogP contribution is -2.21. The molecule has 1 nitrogen and oxygen atoms in total. The average molecular weight is 221 g/mol. The van der Waals surface area contributed by atoms with Crippen molar-refractivity contribution in [1.29, 1.82) is 0 Å². The summed E-state index contributed by atoms with van der Waals surface area (Å²) in [7, 11) is 0. The Balaban J connectivity index is 2.28. The Kier molecular flexibility index (Phi) is 3.38. The van der Waals surface area contributed by atoms with E-state index in [4.69, 9.17) is 4.74 Å². The van der Waals surface area contributed by atoms with Gasteiger partial charge >= 0.3 is 0 Å². The van der Waals surface area contributed by atoms with E-state index in [1.165, 1.54) is 19.3 Å². The molecule has 1 aliphatic heterocycles. The maximum absolute atomic E-state index is 5.57. The number of hydrogen-bond donors (Lipinski definition) is 0. The summed E-state index contributed by atoms with van der Waals surface area (Å²) in [5, 5.41) is 1.07. The van der Waals surface area contributed by atoms with Crippen molar-refractivity contribution >= 4 is 15.9 Å². The van der Waals surface area contributed by atoms with E-state index >= 15 is 0 Å². The largest absolute Gasteiger partial charge is 0.378 e. The Morgan fingerprint density at radius 1 is 1.55 bits per heavy atom. The minimum absolute atomic E-state index is 0.398. The van der Waals surface area contributed by atoms with E-state index in [9.17, 15) is 0 Å². The third-order valence-electron chi connectivity index (χ3n) is 2.17. The second-order valence-corrected chi connectivity index (χ2v) is 4.70. The number of halogens is 1. The molecule has 1 aliphatic rings. The van der Waals surface area contributed by atoms with Crippen LogP contribution in [-0.2, 0) is 4.74 Å². The van der Waals surface area contributed by atoms with E-state index in [-0.39, 0.29) is 0 Å². The molecule has 1 rings (SSSR count). The van der Waals surface area contributed by atoms with Crippen LogP contribution in [-0.4, -0.2) is 18.0 Å². The number of alkyl halides is 1. The molecule has 2 heteroatoms. The molecule has 1 atom stereocenters. The number of ether oxygens (including phenoxy) is 1. The van der Waals surface area contributed by atoms with Gasteiger partial charge in [-0.2, -0.15) is 0 Å². The average Bonchev–Trinajstić information content (AvgIpc) is 2.39. The highest BCUT2D eigenvalue weighted by molar-refractivity contribution is 9.09. The predicted molar refractivity (Wildman–Crippen MR) is 51.2 cm³/mol. The van der Waals surface area contributed by atoms with E-state index < -0.39 is 0 Å². The molecule has 1 fully saturated rings. The Bertz CT molecular complexity index is 117. The zero-order valence-corrected chi connectivity index (χ0v) is 8.99. The minimum atomic E-state index is 0.398. The Morgan fingerprint density at radius 2 is 2.27 bits per heavy atom. The van der Waals surface area contributed by atoms with Crippen LogP contribution in [0.25, 0.3) is 0 Å². The van der Waals surface area contributed by atoms with Crippen molar-refractivity contribution in [2.75, 3.05) is 11.9 Å². The third kappa shape index (κ3) is 3.12. The highest BCUT2D eigenvalue weighted by Crippen LogP contribution is 2.29. The fourth-order valence-electron chi connectivity index (χ4n) is 1.48. The number of hydrogen-bond acceptors (Lipinski definition) is 1. The van der Waals surface area contributed by atoms with E-state index in [2.05, 4.69) is 29.8 Å². The molecule has 11 heavy (non-hydrogen) atoms. The van der Waals surface area contributed by atoms with Gasteiger partial charge in [0.1, 0.15) is 0 Å². The van der Waals surface area contributed by atoms with Crippen molar-refractivity contribution < 1.29 is 4.74 Å². The molecule has 1 saturated heterocycles. The maximum Gasteiger partial charge on any atom is 0.0581 e. The smallest absolute Gasteiger partial charge is 0.0581 e. The van der Waals surface area contributed by atoms with Crippen molar-refractivity contribution in [2.45, 2.75) is 39.2 Å². The van der Waals surface area contributed by atoms with Crippen LogP contribution in [0.5, 0.6) is 0 Å². The van der Waals surface area contributed by atoms with Crippen LogP contribution in [0, 0.1) is 5.41 Å². The lowest BCUT2D eigenvalue weighted by atomic mass is 9.88. The fourth-order valence-corrected chi connectivity index (χ4v) is 1.71. The van der Waals surface area contributed by atoms with E-state index in [1.807, 2.05) is 0 Å². The zero-order valence-electron chi connectivity index (χ0n) is 7.40. The molecule has 0 aliphatic carbocycles. The summed E-state index contributed by atoms with van der Waals surface area (Å²) in [5.41, 5.74) is 0.398. The van der Waals surface area contributed by atoms with Crippen LogP contribution < -0.4 is 0 Å². The first kappa shape index (κ1) is 9.53. The normalized spacial score (nSPS) is 25.9. The van der Waals surface area contributed by atoms with Gasteiger partial charge in [-0.1, -0.05) is 29.8 Å². The van der Waals surface area contributed by atoms with Crippen molar-refractivity contribution in [2.24, 2.45) is 5.41 Å². The highest BCUT2D eigenvalue weighted by Gasteiger charge is 2.24. The van der Waals surface area contributed by atoms with Crippen molar-refractivity contribution in [1.82, 2.24) is 0 Å². The highest BCUT2D eigenvalue weighted by atomic mass is 79.9. The fraction of sp³-hybridized carbons (Fsp3) is 1.00. The van der Waals surface area contributed by atoms with Crippen LogP contribution in [0.2, 0.25) is 0 Å². The molecule has 0 aromatic heterocycles. The van der Waals surface area contributed by atoms with Gasteiger partial charge in [-0.25, -0.2) is 0 Å². The molecule has 0 aromatic rings. The summed E-state index contributed by atoms with van der Waals surface area (Å²) in [6, 6.07) is 0. The molecule has 66 valence electrons. The Hall–Kier alpha value is 0.440. The van der Waals surface area contributed by atoms with E-state index in [1.54, 1.807) is 0 Å². The Morgan fingerprint density at radius 3 is 2.73 bits per heavy atom. The lowest BCUT2D eigenvalue weighted by Gasteiger charge is -2.24. The first-order chi connectivity index (χ1) is 5.14. The van der Waals surface area contributed by atoms with Crippen molar-refractivity contribution in [3.63, 3.8) is 0 Å². The molecule has 0 radical (unpaired) electrons. The monoisotopic (exact) mass is 220 g/mol. The quantitative estimate of drug-likeness (QED) is 0.665.